The Hall–Kier alpha value is 0.280. The highest BCUT2D eigenvalue weighted by Gasteiger charge is 2.15. The van der Waals surface area contributed by atoms with Crippen molar-refractivity contribution in [1.82, 2.24) is 0 Å². The number of aliphatic hydroxyl groups excluding tert-OH is 2. The van der Waals surface area contributed by atoms with E-state index in [1.807, 2.05) is 0 Å². The van der Waals surface area contributed by atoms with Crippen LogP contribution in [0.25, 0.3) is 0 Å². The number of hydrogen-bond donors (Lipinski definition) is 6. The van der Waals surface area contributed by atoms with Crippen LogP contribution in [-0.4, -0.2) is 55.2 Å². The molecular formula is C12H26O8P2. The summed E-state index contributed by atoms with van der Waals surface area (Å²) in [4.78, 5) is 31.3. The van der Waals surface area contributed by atoms with Crippen molar-refractivity contribution < 1.29 is 38.8 Å². The van der Waals surface area contributed by atoms with Gasteiger partial charge in [0.15, 0.2) is 0 Å². The van der Waals surface area contributed by atoms with E-state index in [1.165, 1.54) is 19.3 Å². The second kappa shape index (κ2) is 13.7. The third kappa shape index (κ3) is 13.9. The summed E-state index contributed by atoms with van der Waals surface area (Å²) in [5.74, 6) is 0.502. The second-order valence-corrected chi connectivity index (χ2v) is 6.59. The zero-order chi connectivity index (χ0) is 17.0. The van der Waals surface area contributed by atoms with E-state index >= 15 is 0 Å². The highest BCUT2D eigenvalue weighted by molar-refractivity contribution is 7.53. The summed E-state index contributed by atoms with van der Waals surface area (Å²) in [5.41, 5.74) is 0. The van der Waals surface area contributed by atoms with Crippen molar-refractivity contribution in [3.05, 3.63) is 12.2 Å². The first kappa shape index (κ1) is 22.3. The Labute approximate surface area is 133 Å². The molecule has 8 nitrogen and oxygen atoms in total. The van der Waals surface area contributed by atoms with Crippen LogP contribution in [0.5, 0.6) is 0 Å². The van der Waals surface area contributed by atoms with Gasteiger partial charge in [0.2, 0.25) is 0 Å². The highest BCUT2D eigenvalue weighted by Crippen LogP contribution is 2.41. The molecule has 0 aromatic heterocycles. The van der Waals surface area contributed by atoms with Gasteiger partial charge in [-0.3, -0.25) is 0 Å². The van der Waals surface area contributed by atoms with Crippen molar-refractivity contribution in [2.45, 2.75) is 44.8 Å². The van der Waals surface area contributed by atoms with Crippen LogP contribution in [0.3, 0.4) is 0 Å². The maximum atomic E-state index is 9.71. The number of allylic oxidation sites excluding steroid dienone is 2. The van der Waals surface area contributed by atoms with E-state index in [0.29, 0.717) is 12.5 Å². The van der Waals surface area contributed by atoms with Crippen LogP contribution < -0.4 is 0 Å². The Morgan fingerprint density at radius 1 is 1.23 bits per heavy atom. The largest absolute Gasteiger partial charge is 0.394 e. The summed E-state index contributed by atoms with van der Waals surface area (Å²) in [5, 5.41) is 18.5. The van der Waals surface area contributed by atoms with Gasteiger partial charge >= 0.3 is 17.2 Å². The van der Waals surface area contributed by atoms with Gasteiger partial charge in [0, 0.05) is 0 Å². The normalized spacial score (nSPS) is 20.7. The first-order chi connectivity index (χ1) is 10.3. The Kier molecular flexibility index (Phi) is 13.9. The van der Waals surface area contributed by atoms with Gasteiger partial charge in [-0.1, -0.05) is 12.2 Å². The Morgan fingerprint density at radius 2 is 1.86 bits per heavy atom. The lowest BCUT2D eigenvalue weighted by Gasteiger charge is -2.20. The molecule has 0 heterocycles. The summed E-state index contributed by atoms with van der Waals surface area (Å²) < 4.78 is 8.87. The molecule has 0 amide bonds. The monoisotopic (exact) mass is 360 g/mol. The summed E-state index contributed by atoms with van der Waals surface area (Å²) in [6.45, 7) is 2.13. The van der Waals surface area contributed by atoms with E-state index in [9.17, 15) is 5.11 Å². The zero-order valence-corrected chi connectivity index (χ0v) is 14.3. The molecule has 22 heavy (non-hydrogen) atoms. The highest BCUT2D eigenvalue weighted by atomic mass is 31.2. The quantitative estimate of drug-likeness (QED) is 0.277. The van der Waals surface area contributed by atoms with Crippen LogP contribution in [0, 0.1) is 5.92 Å². The lowest BCUT2D eigenvalue weighted by atomic mass is 9.91. The molecule has 10 heteroatoms. The molecule has 3 unspecified atom stereocenters. The summed E-state index contributed by atoms with van der Waals surface area (Å²) in [6, 6.07) is 0. The molecule has 0 radical (unpaired) electrons. The predicted octanol–water partition coefficient (Wildman–Crippen LogP) is 0.917. The van der Waals surface area contributed by atoms with Gasteiger partial charge in [0.25, 0.3) is 0 Å². The number of aliphatic hydroxyl groups is 2. The van der Waals surface area contributed by atoms with Crippen molar-refractivity contribution in [2.24, 2.45) is 5.92 Å². The van der Waals surface area contributed by atoms with Gasteiger partial charge in [0.05, 0.1) is 25.4 Å². The fourth-order valence-electron chi connectivity index (χ4n) is 1.89. The molecule has 0 saturated heterocycles. The molecule has 0 aromatic carbocycles. The number of rotatable bonds is 8. The van der Waals surface area contributed by atoms with Gasteiger partial charge in [-0.2, -0.15) is 0 Å². The first-order valence-electron chi connectivity index (χ1n) is 6.96. The minimum Gasteiger partial charge on any atom is -0.394 e. The predicted molar refractivity (Wildman–Crippen MR) is 83.4 cm³/mol. The molecule has 0 bridgehead atoms. The third-order valence-corrected chi connectivity index (χ3v) is 4.07. The molecule has 0 saturated carbocycles. The minimum absolute atomic E-state index is 0.00997. The lowest BCUT2D eigenvalue weighted by molar-refractivity contribution is -0.0285. The molecule has 1 aliphatic carbocycles. The number of ether oxygens (including phenoxy) is 1. The standard InChI is InChI=1S/C12H22O3.H4O5P2/c1-10(8-13)15-9-12(14)7-11-5-3-2-4-6-11;1-6(2)5-7(3)4/h3,5,10-14H,2,4,6-9H2,1H3;1-4H. The van der Waals surface area contributed by atoms with Crippen molar-refractivity contribution in [3.63, 3.8) is 0 Å². The molecule has 0 aliphatic heterocycles. The minimum atomic E-state index is -2.61. The van der Waals surface area contributed by atoms with Crippen LogP contribution in [0.15, 0.2) is 12.2 Å². The Bertz CT molecular complexity index is 284. The number of hydrogen-bond acceptors (Lipinski definition) is 8. The van der Waals surface area contributed by atoms with E-state index < -0.39 is 23.3 Å². The van der Waals surface area contributed by atoms with Crippen LogP contribution in [0.1, 0.15) is 32.6 Å². The van der Waals surface area contributed by atoms with E-state index in [0.717, 1.165) is 6.42 Å². The summed E-state index contributed by atoms with van der Waals surface area (Å²) in [7, 11) is -5.22. The van der Waals surface area contributed by atoms with Gasteiger partial charge in [-0.25, -0.2) is 4.31 Å². The fraction of sp³-hybridized carbons (Fsp3) is 0.833. The summed E-state index contributed by atoms with van der Waals surface area (Å²) >= 11 is 0. The maximum Gasteiger partial charge on any atom is 0.334 e. The molecule has 0 aromatic rings. The van der Waals surface area contributed by atoms with Gasteiger partial charge < -0.3 is 34.5 Å². The van der Waals surface area contributed by atoms with Gasteiger partial charge in [-0.15, -0.1) is 0 Å². The van der Waals surface area contributed by atoms with E-state index in [4.69, 9.17) is 29.4 Å². The van der Waals surface area contributed by atoms with Gasteiger partial charge in [-0.05, 0) is 38.5 Å². The molecular weight excluding hydrogens is 334 g/mol. The summed E-state index contributed by atoms with van der Waals surface area (Å²) in [6.07, 6.45) is 8.14. The molecule has 0 spiro atoms. The van der Waals surface area contributed by atoms with Crippen LogP contribution in [0.2, 0.25) is 0 Å². The van der Waals surface area contributed by atoms with Crippen molar-refractivity contribution >= 4 is 17.2 Å². The Morgan fingerprint density at radius 3 is 2.27 bits per heavy atom. The Balaban J connectivity index is 0.000000534. The smallest absolute Gasteiger partial charge is 0.334 e. The average Bonchev–Trinajstić information content (AvgIpc) is 2.45. The molecule has 0 fully saturated rings. The lowest BCUT2D eigenvalue weighted by Crippen LogP contribution is -2.24. The molecule has 3 atom stereocenters. The first-order valence-corrected chi connectivity index (χ1v) is 9.29. The SMILES string of the molecule is CC(CO)OCC(O)CC1C=CCCC1.OP(O)OP(O)O. The van der Waals surface area contributed by atoms with Crippen molar-refractivity contribution in [3.8, 4) is 0 Å². The van der Waals surface area contributed by atoms with Crippen LogP contribution in [-0.2, 0) is 9.05 Å². The van der Waals surface area contributed by atoms with Crippen LogP contribution in [0.4, 0.5) is 0 Å². The fourth-order valence-corrected chi connectivity index (χ4v) is 2.41. The maximum absolute atomic E-state index is 9.71. The third-order valence-electron chi connectivity index (χ3n) is 2.91. The molecule has 132 valence electrons. The van der Waals surface area contributed by atoms with Crippen molar-refractivity contribution in [2.75, 3.05) is 13.2 Å². The van der Waals surface area contributed by atoms with E-state index in [2.05, 4.69) is 16.5 Å². The topological polar surface area (TPSA) is 140 Å². The van der Waals surface area contributed by atoms with Gasteiger partial charge in [0.1, 0.15) is 0 Å². The van der Waals surface area contributed by atoms with Crippen molar-refractivity contribution in [1.29, 1.82) is 0 Å². The molecule has 1 rings (SSSR count). The van der Waals surface area contributed by atoms with E-state index in [1.54, 1.807) is 6.92 Å². The molecule has 6 N–H and O–H groups in total. The molecule has 1 aliphatic rings. The van der Waals surface area contributed by atoms with Crippen LogP contribution >= 0.6 is 17.2 Å². The zero-order valence-electron chi connectivity index (χ0n) is 12.5. The second-order valence-electron chi connectivity index (χ2n) is 4.92. The average molecular weight is 360 g/mol. The van der Waals surface area contributed by atoms with E-state index in [-0.39, 0.29) is 12.7 Å².